The summed E-state index contributed by atoms with van der Waals surface area (Å²) in [5, 5.41) is 5.70. The number of hydrogen-bond donors (Lipinski definition) is 2. The van der Waals surface area contributed by atoms with Gasteiger partial charge in [0.15, 0.2) is 0 Å². The van der Waals surface area contributed by atoms with Gasteiger partial charge in [-0.05, 0) is 61.8 Å². The first-order chi connectivity index (χ1) is 12.5. The van der Waals surface area contributed by atoms with Crippen molar-refractivity contribution in [3.8, 4) is 5.75 Å². The fourth-order valence-electron chi connectivity index (χ4n) is 2.35. The first-order valence-corrected chi connectivity index (χ1v) is 9.74. The molecule has 0 saturated carbocycles. The zero-order valence-corrected chi connectivity index (χ0v) is 16.1. The molecule has 138 valence electrons. The number of amides is 2. The summed E-state index contributed by atoms with van der Waals surface area (Å²) in [6, 6.07) is 13.8. The number of carbonyl (C=O) groups is 2. The maximum absolute atomic E-state index is 12.6. The lowest BCUT2D eigenvalue weighted by Crippen LogP contribution is -2.44. The molecule has 0 aliphatic carbocycles. The lowest BCUT2D eigenvalue weighted by Gasteiger charge is -2.18. The van der Waals surface area contributed by atoms with Crippen LogP contribution in [0.4, 0.5) is 5.69 Å². The number of thioether (sulfide) groups is 1. The summed E-state index contributed by atoms with van der Waals surface area (Å²) in [6.07, 6.45) is 2.53. The molecule has 1 atom stereocenters. The Balaban J connectivity index is 2.05. The number of hydrogen-bond acceptors (Lipinski definition) is 4. The Morgan fingerprint density at radius 3 is 2.31 bits per heavy atom. The van der Waals surface area contributed by atoms with Crippen LogP contribution in [0.3, 0.4) is 0 Å². The number of anilines is 1. The predicted octanol–water partition coefficient (Wildman–Crippen LogP) is 3.49. The third-order valence-electron chi connectivity index (χ3n) is 3.90. The predicted molar refractivity (Wildman–Crippen MR) is 107 cm³/mol. The number of nitrogens with one attached hydrogen (secondary N) is 2. The number of ether oxygens (including phenoxy) is 1. The van der Waals surface area contributed by atoms with Gasteiger partial charge in [-0.3, -0.25) is 9.59 Å². The van der Waals surface area contributed by atoms with E-state index in [0.29, 0.717) is 23.4 Å². The lowest BCUT2D eigenvalue weighted by molar-refractivity contribution is -0.118. The van der Waals surface area contributed by atoms with Crippen LogP contribution in [0, 0.1) is 6.92 Å². The number of rotatable bonds is 8. The molecule has 0 fully saturated rings. The molecule has 26 heavy (non-hydrogen) atoms. The first-order valence-electron chi connectivity index (χ1n) is 8.35. The molecule has 2 amide bonds. The fourth-order valence-corrected chi connectivity index (χ4v) is 2.83. The molecule has 0 saturated heterocycles. The van der Waals surface area contributed by atoms with E-state index >= 15 is 0 Å². The second-order valence-electron chi connectivity index (χ2n) is 5.89. The van der Waals surface area contributed by atoms with E-state index in [1.165, 1.54) is 0 Å². The van der Waals surface area contributed by atoms with Crippen molar-refractivity contribution in [3.05, 3.63) is 59.7 Å². The normalized spacial score (nSPS) is 11.5. The molecule has 0 aliphatic rings. The molecule has 5 nitrogen and oxygen atoms in total. The van der Waals surface area contributed by atoms with E-state index in [0.717, 1.165) is 11.3 Å². The average molecular weight is 372 g/mol. The van der Waals surface area contributed by atoms with Crippen molar-refractivity contribution in [1.29, 1.82) is 0 Å². The molecule has 0 radical (unpaired) electrons. The summed E-state index contributed by atoms with van der Waals surface area (Å²) in [5.74, 6) is 0.953. The Morgan fingerprint density at radius 1 is 1.08 bits per heavy atom. The molecule has 0 bridgehead atoms. The van der Waals surface area contributed by atoms with Crippen molar-refractivity contribution < 1.29 is 14.3 Å². The van der Waals surface area contributed by atoms with Gasteiger partial charge in [-0.25, -0.2) is 0 Å². The van der Waals surface area contributed by atoms with E-state index in [4.69, 9.17) is 4.74 Å². The average Bonchev–Trinajstić information content (AvgIpc) is 2.66. The molecule has 0 heterocycles. The number of benzene rings is 2. The van der Waals surface area contributed by atoms with E-state index in [1.807, 2.05) is 37.4 Å². The van der Waals surface area contributed by atoms with Crippen molar-refractivity contribution in [2.24, 2.45) is 0 Å². The van der Waals surface area contributed by atoms with Crippen LogP contribution in [-0.4, -0.2) is 37.0 Å². The molecule has 2 rings (SSSR count). The summed E-state index contributed by atoms with van der Waals surface area (Å²) in [7, 11) is 1.57. The zero-order chi connectivity index (χ0) is 18.9. The summed E-state index contributed by atoms with van der Waals surface area (Å²) < 4.78 is 5.10. The van der Waals surface area contributed by atoms with Crippen molar-refractivity contribution in [2.75, 3.05) is 24.4 Å². The minimum absolute atomic E-state index is 0.218. The highest BCUT2D eigenvalue weighted by atomic mass is 32.2. The molecule has 2 N–H and O–H groups in total. The van der Waals surface area contributed by atoms with Crippen LogP contribution in [0.15, 0.2) is 48.5 Å². The topological polar surface area (TPSA) is 67.4 Å². The Bertz CT molecular complexity index is 730. The van der Waals surface area contributed by atoms with Crippen molar-refractivity contribution in [3.63, 3.8) is 0 Å². The highest BCUT2D eigenvalue weighted by Gasteiger charge is 2.21. The number of methoxy groups -OCH3 is 1. The van der Waals surface area contributed by atoms with Gasteiger partial charge in [0, 0.05) is 11.3 Å². The molecule has 0 unspecified atom stereocenters. The summed E-state index contributed by atoms with van der Waals surface area (Å²) >= 11 is 1.64. The molecule has 2 aromatic carbocycles. The molecule has 0 spiro atoms. The van der Waals surface area contributed by atoms with Gasteiger partial charge in [0.1, 0.15) is 11.8 Å². The van der Waals surface area contributed by atoms with E-state index < -0.39 is 6.04 Å². The van der Waals surface area contributed by atoms with Crippen molar-refractivity contribution in [1.82, 2.24) is 5.32 Å². The minimum Gasteiger partial charge on any atom is -0.497 e. The summed E-state index contributed by atoms with van der Waals surface area (Å²) in [5.41, 5.74) is 2.33. The minimum atomic E-state index is -0.599. The van der Waals surface area contributed by atoms with Gasteiger partial charge in [0.05, 0.1) is 7.11 Å². The summed E-state index contributed by atoms with van der Waals surface area (Å²) in [6.45, 7) is 1.99. The van der Waals surface area contributed by atoms with Crippen molar-refractivity contribution in [2.45, 2.75) is 19.4 Å². The highest BCUT2D eigenvalue weighted by molar-refractivity contribution is 7.98. The Hall–Kier alpha value is -2.47. The van der Waals surface area contributed by atoms with Gasteiger partial charge in [0.2, 0.25) is 5.91 Å². The van der Waals surface area contributed by atoms with Crippen LogP contribution < -0.4 is 15.4 Å². The van der Waals surface area contributed by atoms with E-state index in [1.54, 1.807) is 43.1 Å². The Labute approximate surface area is 158 Å². The van der Waals surface area contributed by atoms with Crippen LogP contribution in [0.2, 0.25) is 0 Å². The van der Waals surface area contributed by atoms with Gasteiger partial charge in [-0.15, -0.1) is 0 Å². The number of carbonyl (C=O) groups excluding carboxylic acids is 2. The lowest BCUT2D eigenvalue weighted by atomic mass is 10.1. The van der Waals surface area contributed by atoms with Crippen LogP contribution >= 0.6 is 11.8 Å². The standard InChI is InChI=1S/C20H24N2O3S/c1-14-4-8-16(9-5-14)21-20(24)18(12-13-26-3)22-19(23)15-6-10-17(25-2)11-7-15/h4-11,18H,12-13H2,1-3H3,(H,21,24)(H,22,23)/t18-/m0/s1. The Kier molecular flexibility index (Phi) is 7.53. The molecule has 2 aromatic rings. The van der Waals surface area contributed by atoms with E-state index in [-0.39, 0.29) is 11.8 Å². The van der Waals surface area contributed by atoms with Gasteiger partial charge < -0.3 is 15.4 Å². The van der Waals surface area contributed by atoms with Crippen molar-refractivity contribution >= 4 is 29.3 Å². The van der Waals surface area contributed by atoms with E-state index in [9.17, 15) is 9.59 Å². The smallest absolute Gasteiger partial charge is 0.251 e. The Morgan fingerprint density at radius 2 is 1.73 bits per heavy atom. The quantitative estimate of drug-likeness (QED) is 0.744. The monoisotopic (exact) mass is 372 g/mol. The molecular weight excluding hydrogens is 348 g/mol. The SMILES string of the molecule is COc1ccc(C(=O)N[C@@H](CCSC)C(=O)Nc2ccc(C)cc2)cc1. The third kappa shape index (κ3) is 5.81. The van der Waals surface area contributed by atoms with Gasteiger partial charge >= 0.3 is 0 Å². The van der Waals surface area contributed by atoms with Crippen LogP contribution in [0.5, 0.6) is 5.75 Å². The van der Waals surface area contributed by atoms with Crippen LogP contribution in [-0.2, 0) is 4.79 Å². The molecule has 6 heteroatoms. The van der Waals surface area contributed by atoms with E-state index in [2.05, 4.69) is 10.6 Å². The van der Waals surface area contributed by atoms with Gasteiger partial charge in [-0.2, -0.15) is 11.8 Å². The van der Waals surface area contributed by atoms with Crippen LogP contribution in [0.1, 0.15) is 22.3 Å². The van der Waals surface area contributed by atoms with Crippen LogP contribution in [0.25, 0.3) is 0 Å². The largest absolute Gasteiger partial charge is 0.497 e. The second-order valence-corrected chi connectivity index (χ2v) is 6.88. The number of aryl methyl sites for hydroxylation is 1. The first kappa shape index (κ1) is 19.8. The highest BCUT2D eigenvalue weighted by Crippen LogP contribution is 2.13. The fraction of sp³-hybridized carbons (Fsp3) is 0.300. The van der Waals surface area contributed by atoms with Gasteiger partial charge in [0.25, 0.3) is 5.91 Å². The molecular formula is C20H24N2O3S. The third-order valence-corrected chi connectivity index (χ3v) is 4.55. The molecule has 0 aliphatic heterocycles. The second kappa shape index (κ2) is 9.87. The summed E-state index contributed by atoms with van der Waals surface area (Å²) in [4.78, 5) is 25.1. The molecule has 0 aromatic heterocycles. The maximum Gasteiger partial charge on any atom is 0.251 e. The maximum atomic E-state index is 12.6. The van der Waals surface area contributed by atoms with Gasteiger partial charge in [-0.1, -0.05) is 17.7 Å². The zero-order valence-electron chi connectivity index (χ0n) is 15.2.